The first-order valence-electron chi connectivity index (χ1n) is 10.4. The Balaban J connectivity index is 0.000000188. The molecule has 0 spiro atoms. The minimum absolute atomic E-state index is 0.0483. The number of hydrogen-bond donors (Lipinski definition) is 0. The van der Waals surface area contributed by atoms with Gasteiger partial charge < -0.3 is 9.47 Å². The second-order valence-electron chi connectivity index (χ2n) is 9.29. The molecule has 0 heterocycles. The van der Waals surface area contributed by atoms with Crippen LogP contribution in [0.3, 0.4) is 0 Å². The SMILES string of the molecule is CC1(C(F)(F)F)CC2CC1C1C3CCC(C3)C21.CCC(C)OCCOC. The van der Waals surface area contributed by atoms with Gasteiger partial charge in [0.25, 0.3) is 0 Å². The standard InChI is InChI=1S/C14H19F3.C7H16O2/c1-13(14(15,16)17)6-9-5-10(13)12-8-3-2-7(4-8)11(9)12;1-4-7(2)9-6-5-8-3/h7-12H,2-6H2,1H3;7H,4-6H2,1-3H3. The number of hydrogen-bond acceptors (Lipinski definition) is 2. The Morgan fingerprint density at radius 3 is 2.27 bits per heavy atom. The summed E-state index contributed by atoms with van der Waals surface area (Å²) in [6, 6.07) is 0. The van der Waals surface area contributed by atoms with E-state index in [0.29, 0.717) is 49.4 Å². The third-order valence-electron chi connectivity index (χ3n) is 8.03. The van der Waals surface area contributed by atoms with Crippen molar-refractivity contribution in [2.24, 2.45) is 40.9 Å². The number of ether oxygens (including phenoxy) is 2. The van der Waals surface area contributed by atoms with Gasteiger partial charge in [0.05, 0.1) is 24.7 Å². The minimum Gasteiger partial charge on any atom is -0.382 e. The van der Waals surface area contributed by atoms with E-state index in [2.05, 4.69) is 13.8 Å². The van der Waals surface area contributed by atoms with Crippen LogP contribution in [0.4, 0.5) is 13.2 Å². The number of alkyl halides is 3. The molecule has 8 atom stereocenters. The van der Waals surface area contributed by atoms with Gasteiger partial charge in [0.2, 0.25) is 0 Å². The fraction of sp³-hybridized carbons (Fsp3) is 1.00. The van der Waals surface area contributed by atoms with Gasteiger partial charge in [-0.1, -0.05) is 13.8 Å². The molecule has 0 aromatic heterocycles. The molecule has 5 heteroatoms. The second-order valence-corrected chi connectivity index (χ2v) is 9.29. The molecular weight excluding hydrogens is 341 g/mol. The van der Waals surface area contributed by atoms with Gasteiger partial charge in [-0.3, -0.25) is 0 Å². The van der Waals surface area contributed by atoms with Crippen LogP contribution in [0, 0.1) is 40.9 Å². The normalized spacial score (nSPS) is 44.0. The Morgan fingerprint density at radius 2 is 1.69 bits per heavy atom. The molecule has 2 nitrogen and oxygen atoms in total. The zero-order valence-electron chi connectivity index (χ0n) is 16.6. The molecule has 0 aromatic rings. The lowest BCUT2D eigenvalue weighted by molar-refractivity contribution is -0.245. The van der Waals surface area contributed by atoms with Crippen molar-refractivity contribution in [3.05, 3.63) is 0 Å². The van der Waals surface area contributed by atoms with Gasteiger partial charge >= 0.3 is 6.18 Å². The maximum atomic E-state index is 13.3. The summed E-state index contributed by atoms with van der Waals surface area (Å²) in [5.74, 6) is 2.88. The van der Waals surface area contributed by atoms with Crippen LogP contribution < -0.4 is 0 Å². The molecule has 4 fully saturated rings. The number of rotatable bonds is 5. The molecule has 4 rings (SSSR count). The molecule has 4 aliphatic rings. The largest absolute Gasteiger partial charge is 0.394 e. The highest BCUT2D eigenvalue weighted by atomic mass is 19.4. The fourth-order valence-electron chi connectivity index (χ4n) is 6.69. The van der Waals surface area contributed by atoms with Crippen molar-refractivity contribution < 1.29 is 22.6 Å². The molecule has 0 aromatic carbocycles. The van der Waals surface area contributed by atoms with Crippen molar-refractivity contribution in [1.29, 1.82) is 0 Å². The van der Waals surface area contributed by atoms with Crippen LogP contribution in [0.25, 0.3) is 0 Å². The van der Waals surface area contributed by atoms with Crippen LogP contribution in [-0.2, 0) is 9.47 Å². The van der Waals surface area contributed by atoms with Crippen LogP contribution in [0.5, 0.6) is 0 Å². The first-order chi connectivity index (χ1) is 12.2. The van der Waals surface area contributed by atoms with E-state index >= 15 is 0 Å². The predicted molar refractivity (Wildman–Crippen MR) is 95.8 cm³/mol. The molecule has 4 saturated carbocycles. The zero-order valence-corrected chi connectivity index (χ0v) is 16.6. The quantitative estimate of drug-likeness (QED) is 0.452. The van der Waals surface area contributed by atoms with Crippen LogP contribution in [-0.4, -0.2) is 32.6 Å². The maximum absolute atomic E-state index is 13.3. The highest BCUT2D eigenvalue weighted by Gasteiger charge is 2.71. The average molecular weight is 377 g/mol. The van der Waals surface area contributed by atoms with Crippen LogP contribution in [0.15, 0.2) is 0 Å². The van der Waals surface area contributed by atoms with E-state index in [-0.39, 0.29) is 5.92 Å². The molecular formula is C21H35F3O2. The van der Waals surface area contributed by atoms with Crippen molar-refractivity contribution in [1.82, 2.24) is 0 Å². The summed E-state index contributed by atoms with van der Waals surface area (Å²) in [5, 5.41) is 0. The van der Waals surface area contributed by atoms with E-state index in [1.807, 2.05) is 0 Å². The fourth-order valence-corrected chi connectivity index (χ4v) is 6.69. The topological polar surface area (TPSA) is 18.5 Å². The van der Waals surface area contributed by atoms with Gasteiger partial charge in [0.1, 0.15) is 0 Å². The summed E-state index contributed by atoms with van der Waals surface area (Å²) in [6.45, 7) is 7.09. The van der Waals surface area contributed by atoms with E-state index in [9.17, 15) is 13.2 Å². The predicted octanol–water partition coefficient (Wildman–Crippen LogP) is 5.71. The van der Waals surface area contributed by atoms with E-state index in [0.717, 1.165) is 18.8 Å². The summed E-state index contributed by atoms with van der Waals surface area (Å²) in [6.07, 6.45) is 2.52. The highest BCUT2D eigenvalue weighted by Crippen LogP contribution is 2.74. The molecule has 152 valence electrons. The third kappa shape index (κ3) is 3.43. The first-order valence-corrected chi connectivity index (χ1v) is 10.4. The number of fused-ring (bicyclic) bond motifs is 9. The Kier molecular flexibility index (Phi) is 5.99. The van der Waals surface area contributed by atoms with Crippen LogP contribution in [0.1, 0.15) is 59.3 Å². The molecule has 4 aliphatic carbocycles. The summed E-state index contributed by atoms with van der Waals surface area (Å²) in [7, 11) is 1.68. The second kappa shape index (κ2) is 7.62. The smallest absolute Gasteiger partial charge is 0.382 e. The Morgan fingerprint density at radius 1 is 1.04 bits per heavy atom. The Bertz CT molecular complexity index is 480. The maximum Gasteiger partial charge on any atom is 0.394 e. The molecule has 0 amide bonds. The lowest BCUT2D eigenvalue weighted by Crippen LogP contribution is -2.46. The highest BCUT2D eigenvalue weighted by molar-refractivity contribution is 5.15. The molecule has 0 radical (unpaired) electrons. The zero-order chi connectivity index (χ0) is 19.1. The minimum atomic E-state index is -3.99. The lowest BCUT2D eigenvalue weighted by Gasteiger charge is -2.45. The van der Waals surface area contributed by atoms with Crippen molar-refractivity contribution in [2.75, 3.05) is 20.3 Å². The molecule has 0 aliphatic heterocycles. The van der Waals surface area contributed by atoms with Crippen molar-refractivity contribution in [3.8, 4) is 0 Å². The van der Waals surface area contributed by atoms with Gasteiger partial charge in [0.15, 0.2) is 0 Å². The molecule has 4 bridgehead atoms. The van der Waals surface area contributed by atoms with E-state index in [1.165, 1.54) is 26.2 Å². The van der Waals surface area contributed by atoms with Crippen molar-refractivity contribution in [2.45, 2.75) is 71.6 Å². The Hall–Kier alpha value is -0.290. The summed E-state index contributed by atoms with van der Waals surface area (Å²) in [4.78, 5) is 0. The van der Waals surface area contributed by atoms with E-state index in [1.54, 1.807) is 7.11 Å². The van der Waals surface area contributed by atoms with Gasteiger partial charge in [-0.25, -0.2) is 0 Å². The van der Waals surface area contributed by atoms with Gasteiger partial charge in [0, 0.05) is 7.11 Å². The van der Waals surface area contributed by atoms with E-state index in [4.69, 9.17) is 9.47 Å². The van der Waals surface area contributed by atoms with Crippen LogP contribution in [0.2, 0.25) is 0 Å². The van der Waals surface area contributed by atoms with Crippen molar-refractivity contribution >= 4 is 0 Å². The van der Waals surface area contributed by atoms with E-state index < -0.39 is 11.6 Å². The number of methoxy groups -OCH3 is 1. The monoisotopic (exact) mass is 376 g/mol. The average Bonchev–Trinajstić information content (AvgIpc) is 3.32. The van der Waals surface area contributed by atoms with Crippen molar-refractivity contribution in [3.63, 3.8) is 0 Å². The number of halogens is 3. The first kappa shape index (κ1) is 20.4. The van der Waals surface area contributed by atoms with Gasteiger partial charge in [-0.05, 0) is 81.0 Å². The molecule has 0 N–H and O–H groups in total. The van der Waals surface area contributed by atoms with Crippen LogP contribution >= 0.6 is 0 Å². The van der Waals surface area contributed by atoms with Gasteiger partial charge in [-0.2, -0.15) is 13.2 Å². The summed E-state index contributed by atoms with van der Waals surface area (Å²) >= 11 is 0. The Labute approximate surface area is 156 Å². The molecule has 8 unspecified atom stereocenters. The summed E-state index contributed by atoms with van der Waals surface area (Å²) in [5.41, 5.74) is -1.36. The van der Waals surface area contributed by atoms with Gasteiger partial charge in [-0.15, -0.1) is 0 Å². The lowest BCUT2D eigenvalue weighted by atomic mass is 9.61. The molecule has 26 heavy (non-hydrogen) atoms. The summed E-state index contributed by atoms with van der Waals surface area (Å²) < 4.78 is 50.0. The molecule has 0 saturated heterocycles. The third-order valence-corrected chi connectivity index (χ3v) is 8.03.